The van der Waals surface area contributed by atoms with Crippen molar-refractivity contribution in [2.24, 2.45) is 5.73 Å². The molecule has 0 radical (unpaired) electrons. The lowest BCUT2D eigenvalue weighted by Crippen LogP contribution is -2.35. The van der Waals surface area contributed by atoms with Gasteiger partial charge in [0.25, 0.3) is 0 Å². The van der Waals surface area contributed by atoms with Gasteiger partial charge in [-0.1, -0.05) is 25.5 Å². The van der Waals surface area contributed by atoms with E-state index < -0.39 is 10.0 Å². The molecule has 0 saturated heterocycles. The lowest BCUT2D eigenvalue weighted by molar-refractivity contribution is 0.415. The molecule has 1 aromatic carbocycles. The molecule has 0 saturated carbocycles. The third-order valence-electron chi connectivity index (χ3n) is 3.01. The molecule has 114 valence electrons. The molecule has 1 aromatic rings. The zero-order valence-corrected chi connectivity index (χ0v) is 13.0. The third kappa shape index (κ3) is 4.38. The number of ether oxygens (including phenoxy) is 1. The van der Waals surface area contributed by atoms with Gasteiger partial charge in [-0.2, -0.15) is 0 Å². The summed E-state index contributed by atoms with van der Waals surface area (Å²) in [4.78, 5) is 0. The number of methoxy groups -OCH3 is 1. The van der Waals surface area contributed by atoms with Crippen LogP contribution in [-0.4, -0.2) is 34.4 Å². The Morgan fingerprint density at radius 3 is 2.55 bits per heavy atom. The molecule has 0 fully saturated rings. The lowest BCUT2D eigenvalue weighted by atomic mass is 10.3. The average Bonchev–Trinajstić information content (AvgIpc) is 2.46. The van der Waals surface area contributed by atoms with Gasteiger partial charge in [-0.25, -0.2) is 8.42 Å². The molecule has 6 heteroatoms. The predicted molar refractivity (Wildman–Crippen MR) is 82.7 cm³/mol. The molecule has 5 nitrogen and oxygen atoms in total. The van der Waals surface area contributed by atoms with Crippen molar-refractivity contribution >= 4 is 15.7 Å². The van der Waals surface area contributed by atoms with Crippen molar-refractivity contribution in [3.8, 4) is 5.75 Å². The zero-order valence-electron chi connectivity index (χ0n) is 12.2. The summed E-state index contributed by atoms with van der Waals surface area (Å²) in [7, 11) is -1.80. The largest absolute Gasteiger partial charge is 0.495 e. The monoisotopic (exact) mass is 300 g/mol. The van der Waals surface area contributed by atoms with E-state index in [0.717, 1.165) is 6.42 Å². The Kier molecular flexibility index (Phi) is 6.81. The van der Waals surface area contributed by atoms with E-state index in [2.05, 4.69) is 0 Å². The van der Waals surface area contributed by atoms with E-state index >= 15 is 0 Å². The second-order valence-electron chi connectivity index (χ2n) is 4.56. The van der Waals surface area contributed by atoms with E-state index in [4.69, 9.17) is 10.5 Å². The minimum Gasteiger partial charge on any atom is -0.495 e. The summed E-state index contributed by atoms with van der Waals surface area (Å²) < 4.78 is 31.7. The number of unbranched alkanes of at least 4 members (excludes halogenated alkanes) is 1. The van der Waals surface area contributed by atoms with E-state index in [0.29, 0.717) is 37.4 Å². The summed E-state index contributed by atoms with van der Waals surface area (Å²) in [6.45, 7) is 2.81. The molecule has 0 atom stereocenters. The molecule has 0 aliphatic rings. The highest BCUT2D eigenvalue weighted by Crippen LogP contribution is 2.30. The van der Waals surface area contributed by atoms with Crippen molar-refractivity contribution in [2.45, 2.75) is 26.2 Å². The molecule has 0 aromatic heterocycles. The highest BCUT2D eigenvalue weighted by Gasteiger charge is 2.23. The quantitative estimate of drug-likeness (QED) is 0.757. The number of benzene rings is 1. The Labute approximate surface area is 121 Å². The lowest BCUT2D eigenvalue weighted by Gasteiger charge is -2.25. The number of hydrogen-bond donors (Lipinski definition) is 1. The van der Waals surface area contributed by atoms with Gasteiger partial charge >= 0.3 is 0 Å². The van der Waals surface area contributed by atoms with Gasteiger partial charge in [-0.05, 0) is 31.5 Å². The highest BCUT2D eigenvalue weighted by atomic mass is 32.2. The molecule has 0 unspecified atom stereocenters. The first-order valence-electron chi connectivity index (χ1n) is 6.90. The molecule has 0 bridgehead atoms. The van der Waals surface area contributed by atoms with Gasteiger partial charge in [-0.15, -0.1) is 0 Å². The van der Waals surface area contributed by atoms with Gasteiger partial charge in [0.05, 0.1) is 18.6 Å². The molecular formula is C14H24N2O3S. The molecule has 0 amide bonds. The number of hydrogen-bond acceptors (Lipinski definition) is 4. The number of rotatable bonds is 9. The van der Waals surface area contributed by atoms with Crippen LogP contribution in [0.5, 0.6) is 5.75 Å². The van der Waals surface area contributed by atoms with Crippen LogP contribution in [0.2, 0.25) is 0 Å². The molecule has 1 rings (SSSR count). The molecule has 0 aliphatic heterocycles. The van der Waals surface area contributed by atoms with Crippen LogP contribution in [0.25, 0.3) is 0 Å². The van der Waals surface area contributed by atoms with Crippen molar-refractivity contribution in [1.29, 1.82) is 0 Å². The van der Waals surface area contributed by atoms with Crippen molar-refractivity contribution in [3.63, 3.8) is 0 Å². The SMILES string of the molecule is CCCCS(=O)(=O)N(CCCN)c1ccccc1OC. The Morgan fingerprint density at radius 1 is 1.25 bits per heavy atom. The number of nitrogens with two attached hydrogens (primary N) is 1. The second kappa shape index (κ2) is 8.11. The van der Waals surface area contributed by atoms with Crippen LogP contribution in [0.3, 0.4) is 0 Å². The van der Waals surface area contributed by atoms with Crippen LogP contribution >= 0.6 is 0 Å². The summed E-state index contributed by atoms with van der Waals surface area (Å²) in [6, 6.07) is 7.16. The summed E-state index contributed by atoms with van der Waals surface area (Å²) in [5, 5.41) is 0. The maximum Gasteiger partial charge on any atom is 0.235 e. The average molecular weight is 300 g/mol. The van der Waals surface area contributed by atoms with E-state index in [1.807, 2.05) is 19.1 Å². The number of sulfonamides is 1. The molecule has 20 heavy (non-hydrogen) atoms. The van der Waals surface area contributed by atoms with Crippen LogP contribution in [0.1, 0.15) is 26.2 Å². The van der Waals surface area contributed by atoms with Gasteiger partial charge < -0.3 is 10.5 Å². The molecular weight excluding hydrogens is 276 g/mol. The number of anilines is 1. The van der Waals surface area contributed by atoms with Gasteiger partial charge in [0.2, 0.25) is 10.0 Å². The molecule has 0 aliphatic carbocycles. The van der Waals surface area contributed by atoms with Crippen LogP contribution in [0, 0.1) is 0 Å². The molecule has 0 heterocycles. The fourth-order valence-electron chi connectivity index (χ4n) is 1.92. The minimum absolute atomic E-state index is 0.145. The van der Waals surface area contributed by atoms with E-state index in [1.54, 1.807) is 19.2 Å². The number of nitrogens with zero attached hydrogens (tertiary/aromatic N) is 1. The van der Waals surface area contributed by atoms with Gasteiger partial charge in [-0.3, -0.25) is 4.31 Å². The molecule has 2 N–H and O–H groups in total. The maximum atomic E-state index is 12.5. The zero-order chi connectivity index (χ0) is 15.0. The van der Waals surface area contributed by atoms with Crippen molar-refractivity contribution < 1.29 is 13.2 Å². The predicted octanol–water partition coefficient (Wildman–Crippen LogP) is 1.98. The topological polar surface area (TPSA) is 72.6 Å². The van der Waals surface area contributed by atoms with Gasteiger partial charge in [0, 0.05) is 6.54 Å². The summed E-state index contributed by atoms with van der Waals surface area (Å²) in [6.07, 6.45) is 2.11. The van der Waals surface area contributed by atoms with Gasteiger partial charge in [0.15, 0.2) is 0 Å². The van der Waals surface area contributed by atoms with Crippen LogP contribution < -0.4 is 14.8 Å². The van der Waals surface area contributed by atoms with Crippen molar-refractivity contribution in [2.75, 3.05) is 30.3 Å². The number of para-hydroxylation sites is 2. The van der Waals surface area contributed by atoms with Crippen LogP contribution in [0.4, 0.5) is 5.69 Å². The van der Waals surface area contributed by atoms with Crippen molar-refractivity contribution in [1.82, 2.24) is 0 Å². The highest BCUT2D eigenvalue weighted by molar-refractivity contribution is 7.92. The van der Waals surface area contributed by atoms with E-state index in [9.17, 15) is 8.42 Å². The summed E-state index contributed by atoms with van der Waals surface area (Å²) >= 11 is 0. The van der Waals surface area contributed by atoms with Gasteiger partial charge in [0.1, 0.15) is 5.75 Å². The fourth-order valence-corrected chi connectivity index (χ4v) is 3.65. The standard InChI is InChI=1S/C14H24N2O3S/c1-3-4-12-20(17,18)16(11-7-10-15)13-8-5-6-9-14(13)19-2/h5-6,8-9H,3-4,7,10-12,15H2,1-2H3. The fraction of sp³-hybridized carbons (Fsp3) is 0.571. The van der Waals surface area contributed by atoms with E-state index in [-0.39, 0.29) is 5.75 Å². The first-order valence-corrected chi connectivity index (χ1v) is 8.51. The minimum atomic E-state index is -3.34. The third-order valence-corrected chi connectivity index (χ3v) is 4.87. The Bertz CT molecular complexity index is 503. The Morgan fingerprint density at radius 2 is 1.95 bits per heavy atom. The summed E-state index contributed by atoms with van der Waals surface area (Å²) in [5.74, 6) is 0.705. The van der Waals surface area contributed by atoms with E-state index in [1.165, 1.54) is 4.31 Å². The summed E-state index contributed by atoms with van der Waals surface area (Å²) in [5.41, 5.74) is 6.10. The first-order chi connectivity index (χ1) is 9.56. The first kappa shape index (κ1) is 16.8. The Hall–Kier alpha value is -1.27. The van der Waals surface area contributed by atoms with Crippen LogP contribution in [0.15, 0.2) is 24.3 Å². The smallest absolute Gasteiger partial charge is 0.235 e. The normalized spacial score (nSPS) is 11.3. The van der Waals surface area contributed by atoms with Crippen LogP contribution in [-0.2, 0) is 10.0 Å². The Balaban J connectivity index is 3.11. The second-order valence-corrected chi connectivity index (χ2v) is 6.57. The van der Waals surface area contributed by atoms with Crippen molar-refractivity contribution in [3.05, 3.63) is 24.3 Å². The maximum absolute atomic E-state index is 12.5. The molecule has 0 spiro atoms.